The van der Waals surface area contributed by atoms with Gasteiger partial charge in [0, 0.05) is 0 Å². The van der Waals surface area contributed by atoms with E-state index in [1.54, 1.807) is 45.0 Å². The fraction of sp³-hybridized carbons (Fsp3) is 0.500. The van der Waals surface area contributed by atoms with Gasteiger partial charge in [-0.2, -0.15) is 0 Å². The lowest BCUT2D eigenvalue weighted by molar-refractivity contribution is -0.174. The Morgan fingerprint density at radius 2 is 1.96 bits per heavy atom. The summed E-state index contributed by atoms with van der Waals surface area (Å²) in [5.41, 5.74) is 5.66. The maximum absolute atomic E-state index is 12.0. The number of hydrogen-bond acceptors (Lipinski definition) is 6. The quantitative estimate of drug-likeness (QED) is 0.444. The molecule has 2 unspecified atom stereocenters. The number of ether oxygens (including phenoxy) is 3. The first-order chi connectivity index (χ1) is 10.6. The summed E-state index contributed by atoms with van der Waals surface area (Å²) in [6.45, 7) is 4.98. The number of carboxylic acids is 1. The van der Waals surface area contributed by atoms with Crippen molar-refractivity contribution in [3.63, 3.8) is 0 Å². The summed E-state index contributed by atoms with van der Waals surface area (Å²) in [5.74, 6) is -3.28. The van der Waals surface area contributed by atoms with Crippen molar-refractivity contribution < 1.29 is 28.9 Å². The van der Waals surface area contributed by atoms with Crippen LogP contribution in [0.2, 0.25) is 0 Å². The maximum atomic E-state index is 12.0. The molecule has 7 heteroatoms. The summed E-state index contributed by atoms with van der Waals surface area (Å²) in [7, 11) is 1.54. The monoisotopic (exact) mass is 325 g/mol. The lowest BCUT2D eigenvalue weighted by atomic mass is 10.1. The molecule has 0 aliphatic carbocycles. The van der Waals surface area contributed by atoms with Crippen LogP contribution in [0.3, 0.4) is 0 Å². The van der Waals surface area contributed by atoms with Gasteiger partial charge in [0.05, 0.1) is 13.7 Å². The van der Waals surface area contributed by atoms with Crippen molar-refractivity contribution in [3.8, 4) is 5.75 Å². The summed E-state index contributed by atoms with van der Waals surface area (Å²) in [5, 5.41) is 9.21. The van der Waals surface area contributed by atoms with E-state index in [2.05, 4.69) is 0 Å². The third-order valence-electron chi connectivity index (χ3n) is 2.83. The van der Waals surface area contributed by atoms with Gasteiger partial charge in [-0.1, -0.05) is 12.1 Å². The Morgan fingerprint density at radius 3 is 2.48 bits per heavy atom. The van der Waals surface area contributed by atoms with Gasteiger partial charge in [0.15, 0.2) is 5.92 Å². The van der Waals surface area contributed by atoms with Crippen molar-refractivity contribution >= 4 is 11.9 Å². The predicted molar refractivity (Wildman–Crippen MR) is 82.7 cm³/mol. The van der Waals surface area contributed by atoms with Crippen LogP contribution in [0.15, 0.2) is 24.3 Å². The number of carbonyl (C=O) groups is 2. The Bertz CT molecular complexity index is 552. The molecule has 0 saturated carbocycles. The molecule has 0 heterocycles. The van der Waals surface area contributed by atoms with Crippen molar-refractivity contribution in [3.05, 3.63) is 29.8 Å². The van der Waals surface area contributed by atoms with Crippen molar-refractivity contribution in [1.29, 1.82) is 0 Å². The molecule has 0 aliphatic heterocycles. The van der Waals surface area contributed by atoms with Gasteiger partial charge >= 0.3 is 11.9 Å². The first-order valence-corrected chi connectivity index (χ1v) is 7.10. The fourth-order valence-corrected chi connectivity index (χ4v) is 1.79. The zero-order valence-corrected chi connectivity index (χ0v) is 13.7. The zero-order chi connectivity index (χ0) is 17.6. The zero-order valence-electron chi connectivity index (χ0n) is 13.7. The molecule has 0 aromatic heterocycles. The van der Waals surface area contributed by atoms with E-state index in [1.807, 2.05) is 0 Å². The number of esters is 1. The first-order valence-electron chi connectivity index (χ1n) is 7.10. The normalized spacial score (nSPS) is 14.0. The molecular weight excluding hydrogens is 302 g/mol. The lowest BCUT2D eigenvalue weighted by Crippen LogP contribution is -2.45. The Morgan fingerprint density at radius 1 is 1.30 bits per heavy atom. The first kappa shape index (κ1) is 18.9. The van der Waals surface area contributed by atoms with Crippen molar-refractivity contribution in [1.82, 2.24) is 0 Å². The summed E-state index contributed by atoms with van der Waals surface area (Å²) in [6.07, 6.45) is -1.33. The molecule has 0 fully saturated rings. The highest BCUT2D eigenvalue weighted by molar-refractivity contribution is 5.94. The van der Waals surface area contributed by atoms with Gasteiger partial charge in [0.2, 0.25) is 0 Å². The number of carbonyl (C=O) groups excluding carboxylic acids is 1. The number of carboxylic acid groups (broad SMARTS) is 1. The number of aliphatic carboxylic acids is 1. The molecule has 1 aromatic rings. The molecule has 0 aliphatic rings. The highest BCUT2D eigenvalue weighted by atomic mass is 16.6. The standard InChI is InChI=1S/C16H23NO6/c1-16(2,3)23-15(20)12(14(18)19)13(17)22-9-10-6-5-7-11(8-10)21-4/h5-8,12-13H,9,17H2,1-4H3,(H,18,19). The minimum atomic E-state index is -1.60. The molecule has 128 valence electrons. The minimum Gasteiger partial charge on any atom is -0.497 e. The van der Waals surface area contributed by atoms with Gasteiger partial charge in [-0.05, 0) is 38.5 Å². The van der Waals surface area contributed by atoms with E-state index >= 15 is 0 Å². The van der Waals surface area contributed by atoms with Gasteiger partial charge in [-0.15, -0.1) is 0 Å². The summed E-state index contributed by atoms with van der Waals surface area (Å²) in [6, 6.07) is 7.05. The molecule has 1 rings (SSSR count). The molecule has 0 spiro atoms. The average molecular weight is 325 g/mol. The van der Waals surface area contributed by atoms with E-state index in [1.165, 1.54) is 7.11 Å². The maximum Gasteiger partial charge on any atom is 0.324 e. The molecule has 7 nitrogen and oxygen atoms in total. The van der Waals surface area contributed by atoms with Gasteiger partial charge in [-0.25, -0.2) is 0 Å². The second-order valence-electron chi connectivity index (χ2n) is 5.98. The van der Waals surface area contributed by atoms with Crippen LogP contribution >= 0.6 is 0 Å². The number of benzene rings is 1. The molecule has 0 amide bonds. The van der Waals surface area contributed by atoms with Crippen LogP contribution in [-0.2, 0) is 25.7 Å². The van der Waals surface area contributed by atoms with Crippen LogP contribution in [-0.4, -0.2) is 36.0 Å². The van der Waals surface area contributed by atoms with Gasteiger partial charge in [0.1, 0.15) is 17.6 Å². The second-order valence-corrected chi connectivity index (χ2v) is 5.98. The Hall–Kier alpha value is -2.12. The molecule has 0 bridgehead atoms. The highest BCUT2D eigenvalue weighted by Crippen LogP contribution is 2.17. The van der Waals surface area contributed by atoms with E-state index in [0.717, 1.165) is 5.56 Å². The number of methoxy groups -OCH3 is 1. The molecule has 2 atom stereocenters. The Kier molecular flexibility index (Phi) is 6.53. The molecule has 0 radical (unpaired) electrons. The summed E-state index contributed by atoms with van der Waals surface area (Å²) >= 11 is 0. The Labute approximate surface area is 135 Å². The van der Waals surface area contributed by atoms with E-state index in [-0.39, 0.29) is 6.61 Å². The topological polar surface area (TPSA) is 108 Å². The van der Waals surface area contributed by atoms with Gasteiger partial charge in [-0.3, -0.25) is 9.59 Å². The molecule has 1 aromatic carbocycles. The average Bonchev–Trinajstić information content (AvgIpc) is 2.43. The molecule has 0 saturated heterocycles. The smallest absolute Gasteiger partial charge is 0.324 e. The van der Waals surface area contributed by atoms with Crippen molar-refractivity contribution in [2.75, 3.05) is 7.11 Å². The van der Waals surface area contributed by atoms with E-state index in [0.29, 0.717) is 5.75 Å². The van der Waals surface area contributed by atoms with Crippen molar-refractivity contribution in [2.24, 2.45) is 11.7 Å². The summed E-state index contributed by atoms with van der Waals surface area (Å²) in [4.78, 5) is 23.3. The van der Waals surface area contributed by atoms with Crippen LogP contribution in [0.1, 0.15) is 26.3 Å². The number of hydrogen-bond donors (Lipinski definition) is 2. The van der Waals surface area contributed by atoms with E-state index in [9.17, 15) is 14.7 Å². The number of rotatable bonds is 7. The van der Waals surface area contributed by atoms with Crippen LogP contribution in [0.5, 0.6) is 5.75 Å². The minimum absolute atomic E-state index is 0.0466. The fourth-order valence-electron chi connectivity index (χ4n) is 1.79. The van der Waals surface area contributed by atoms with Crippen LogP contribution < -0.4 is 10.5 Å². The predicted octanol–water partition coefficient (Wildman–Crippen LogP) is 1.54. The van der Waals surface area contributed by atoms with E-state index < -0.39 is 29.7 Å². The largest absolute Gasteiger partial charge is 0.497 e. The summed E-state index contributed by atoms with van der Waals surface area (Å²) < 4.78 is 15.5. The van der Waals surface area contributed by atoms with E-state index in [4.69, 9.17) is 19.9 Å². The second kappa shape index (κ2) is 7.94. The molecule has 23 heavy (non-hydrogen) atoms. The van der Waals surface area contributed by atoms with Gasteiger partial charge < -0.3 is 25.1 Å². The lowest BCUT2D eigenvalue weighted by Gasteiger charge is -2.25. The highest BCUT2D eigenvalue weighted by Gasteiger charge is 2.37. The molecular formula is C16H23NO6. The van der Waals surface area contributed by atoms with Gasteiger partial charge in [0.25, 0.3) is 0 Å². The SMILES string of the molecule is COc1cccc(COC(N)C(C(=O)O)C(=O)OC(C)(C)C)c1. The number of nitrogens with two attached hydrogens (primary N) is 1. The third-order valence-corrected chi connectivity index (χ3v) is 2.83. The Balaban J connectivity index is 2.72. The van der Waals surface area contributed by atoms with Crippen LogP contribution in [0, 0.1) is 5.92 Å². The third kappa shape index (κ3) is 6.25. The van der Waals surface area contributed by atoms with Crippen molar-refractivity contribution in [2.45, 2.75) is 39.2 Å². The van der Waals surface area contributed by atoms with Crippen LogP contribution in [0.25, 0.3) is 0 Å². The van der Waals surface area contributed by atoms with Crippen LogP contribution in [0.4, 0.5) is 0 Å². The molecule has 3 N–H and O–H groups in total.